The summed E-state index contributed by atoms with van der Waals surface area (Å²) in [4.78, 5) is 3.55. The fourth-order valence-corrected chi connectivity index (χ4v) is 2.94. The van der Waals surface area contributed by atoms with Gasteiger partial charge in [0.2, 0.25) is 5.03 Å². The summed E-state index contributed by atoms with van der Waals surface area (Å²) in [7, 11) is -3.91. The quantitative estimate of drug-likeness (QED) is 0.867. The molecule has 1 atom stereocenters. The van der Waals surface area contributed by atoms with E-state index in [0.29, 0.717) is 19.6 Å². The molecule has 1 aromatic heterocycles. The molecule has 1 fully saturated rings. The number of halogens is 1. The number of rotatable bonds is 3. The largest absolute Gasteiger partial charge is 0.380 e. The van der Waals surface area contributed by atoms with E-state index in [1.165, 1.54) is 12.3 Å². The lowest BCUT2D eigenvalue weighted by atomic mass is 10.1. The van der Waals surface area contributed by atoms with Crippen LogP contribution in [0.15, 0.2) is 23.4 Å². The van der Waals surface area contributed by atoms with Crippen molar-refractivity contribution in [2.24, 2.45) is 0 Å². The van der Waals surface area contributed by atoms with Crippen molar-refractivity contribution in [2.45, 2.75) is 23.9 Å². The van der Waals surface area contributed by atoms with Crippen molar-refractivity contribution in [2.75, 3.05) is 13.2 Å². The first-order valence-electron chi connectivity index (χ1n) is 5.30. The van der Waals surface area contributed by atoms with Crippen molar-refractivity contribution in [1.82, 2.24) is 9.71 Å². The number of pyridine rings is 1. The molecular formula is C10H13FN2O3S. The highest BCUT2D eigenvalue weighted by molar-refractivity contribution is 7.89. The van der Waals surface area contributed by atoms with Crippen LogP contribution in [0.4, 0.5) is 4.39 Å². The molecule has 0 bridgehead atoms. The van der Waals surface area contributed by atoms with Gasteiger partial charge in [-0.15, -0.1) is 0 Å². The van der Waals surface area contributed by atoms with Gasteiger partial charge in [-0.3, -0.25) is 0 Å². The molecule has 1 saturated heterocycles. The summed E-state index contributed by atoms with van der Waals surface area (Å²) >= 11 is 0. The zero-order valence-corrected chi connectivity index (χ0v) is 9.91. The smallest absolute Gasteiger partial charge is 0.261 e. The Hall–Kier alpha value is -1.05. The Kier molecular flexibility index (Phi) is 3.70. The lowest BCUT2D eigenvalue weighted by Gasteiger charge is -2.22. The van der Waals surface area contributed by atoms with Gasteiger partial charge in [-0.25, -0.2) is 22.5 Å². The van der Waals surface area contributed by atoms with Crippen LogP contribution in [0.2, 0.25) is 0 Å². The van der Waals surface area contributed by atoms with Gasteiger partial charge in [0.15, 0.2) is 5.82 Å². The molecular weight excluding hydrogens is 247 g/mol. The predicted octanol–water partition coefficient (Wildman–Crippen LogP) is 0.678. The average molecular weight is 260 g/mol. The van der Waals surface area contributed by atoms with Gasteiger partial charge in [0.1, 0.15) is 0 Å². The van der Waals surface area contributed by atoms with E-state index in [1.54, 1.807) is 0 Å². The molecule has 0 amide bonds. The fourth-order valence-electron chi connectivity index (χ4n) is 1.68. The molecule has 1 aliphatic rings. The van der Waals surface area contributed by atoms with Crippen LogP contribution < -0.4 is 4.72 Å². The Morgan fingerprint density at radius 2 is 2.35 bits per heavy atom. The van der Waals surface area contributed by atoms with Crippen LogP contribution in [0.1, 0.15) is 12.8 Å². The third-order valence-corrected chi connectivity index (χ3v) is 3.91. The third-order valence-electron chi connectivity index (χ3n) is 2.46. The average Bonchev–Trinajstić information content (AvgIpc) is 2.30. The highest BCUT2D eigenvalue weighted by atomic mass is 32.2. The third kappa shape index (κ3) is 2.99. The van der Waals surface area contributed by atoms with Gasteiger partial charge in [-0.1, -0.05) is 0 Å². The minimum Gasteiger partial charge on any atom is -0.380 e. The molecule has 1 aliphatic heterocycles. The molecule has 1 unspecified atom stereocenters. The molecule has 0 aromatic carbocycles. The monoisotopic (exact) mass is 260 g/mol. The summed E-state index contributed by atoms with van der Waals surface area (Å²) in [6.07, 6.45) is 2.72. The molecule has 0 spiro atoms. The van der Waals surface area contributed by atoms with Crippen LogP contribution in [-0.2, 0) is 14.8 Å². The Balaban J connectivity index is 2.16. The number of nitrogens with zero attached hydrogens (tertiary/aromatic N) is 1. The Labute approximate surface area is 99.1 Å². The maximum absolute atomic E-state index is 13.3. The van der Waals surface area contributed by atoms with E-state index in [1.807, 2.05) is 0 Å². The van der Waals surface area contributed by atoms with Crippen LogP contribution >= 0.6 is 0 Å². The molecule has 17 heavy (non-hydrogen) atoms. The maximum atomic E-state index is 13.3. The second kappa shape index (κ2) is 5.07. The van der Waals surface area contributed by atoms with Crippen molar-refractivity contribution >= 4 is 10.0 Å². The zero-order chi connectivity index (χ0) is 12.3. The van der Waals surface area contributed by atoms with E-state index in [4.69, 9.17) is 4.74 Å². The van der Waals surface area contributed by atoms with Gasteiger partial charge in [0, 0.05) is 18.8 Å². The lowest BCUT2D eigenvalue weighted by molar-refractivity contribution is 0.0773. The number of aromatic nitrogens is 1. The van der Waals surface area contributed by atoms with E-state index in [-0.39, 0.29) is 6.04 Å². The fraction of sp³-hybridized carbons (Fsp3) is 0.500. The minimum atomic E-state index is -3.91. The van der Waals surface area contributed by atoms with Crippen molar-refractivity contribution < 1.29 is 17.5 Å². The van der Waals surface area contributed by atoms with Crippen LogP contribution in [0.25, 0.3) is 0 Å². The molecule has 0 radical (unpaired) electrons. The highest BCUT2D eigenvalue weighted by Crippen LogP contribution is 2.13. The first-order valence-corrected chi connectivity index (χ1v) is 6.78. The second-order valence-electron chi connectivity index (χ2n) is 3.83. The van der Waals surface area contributed by atoms with Gasteiger partial charge in [-0.05, 0) is 25.0 Å². The molecule has 0 aliphatic carbocycles. The second-order valence-corrected chi connectivity index (χ2v) is 5.46. The Morgan fingerprint density at radius 3 is 3.00 bits per heavy atom. The number of hydrogen-bond acceptors (Lipinski definition) is 4. The summed E-state index contributed by atoms with van der Waals surface area (Å²) in [6.45, 7) is 0.948. The molecule has 2 heterocycles. The number of nitrogens with one attached hydrogen (secondary N) is 1. The van der Waals surface area contributed by atoms with E-state index in [9.17, 15) is 12.8 Å². The van der Waals surface area contributed by atoms with Crippen LogP contribution in [0.5, 0.6) is 0 Å². The topological polar surface area (TPSA) is 68.3 Å². The van der Waals surface area contributed by atoms with Crippen molar-refractivity contribution in [3.8, 4) is 0 Å². The highest BCUT2D eigenvalue weighted by Gasteiger charge is 2.25. The normalized spacial score (nSPS) is 21.4. The van der Waals surface area contributed by atoms with Crippen molar-refractivity contribution in [3.05, 3.63) is 24.1 Å². The first-order chi connectivity index (χ1) is 8.09. The Bertz CT molecular complexity index is 486. The van der Waals surface area contributed by atoms with Crippen LogP contribution in [0.3, 0.4) is 0 Å². The van der Waals surface area contributed by atoms with E-state index in [2.05, 4.69) is 9.71 Å². The zero-order valence-electron chi connectivity index (χ0n) is 9.10. The Morgan fingerprint density at radius 1 is 1.53 bits per heavy atom. The van der Waals surface area contributed by atoms with Gasteiger partial charge in [0.25, 0.3) is 10.0 Å². The molecule has 1 N–H and O–H groups in total. The van der Waals surface area contributed by atoms with Crippen molar-refractivity contribution in [1.29, 1.82) is 0 Å². The SMILES string of the molecule is O=S(=O)(NC1CCCOC1)c1ncccc1F. The summed E-state index contributed by atoms with van der Waals surface area (Å²) in [5.74, 6) is -0.850. The lowest BCUT2D eigenvalue weighted by Crippen LogP contribution is -2.41. The van der Waals surface area contributed by atoms with E-state index < -0.39 is 20.9 Å². The summed E-state index contributed by atoms with van der Waals surface area (Å²) in [5.41, 5.74) is 0. The van der Waals surface area contributed by atoms with Gasteiger partial charge in [-0.2, -0.15) is 0 Å². The number of ether oxygens (including phenoxy) is 1. The number of hydrogen-bond donors (Lipinski definition) is 1. The summed E-state index contributed by atoms with van der Waals surface area (Å²) in [6, 6.07) is 2.10. The van der Waals surface area contributed by atoms with Crippen molar-refractivity contribution in [3.63, 3.8) is 0 Å². The summed E-state index contributed by atoms with van der Waals surface area (Å²) in [5, 5.41) is -0.564. The summed E-state index contributed by atoms with van der Waals surface area (Å²) < 4.78 is 44.6. The van der Waals surface area contributed by atoms with Crippen LogP contribution in [0, 0.1) is 5.82 Å². The maximum Gasteiger partial charge on any atom is 0.261 e. The molecule has 1 aromatic rings. The van der Waals surface area contributed by atoms with Crippen LogP contribution in [-0.4, -0.2) is 32.7 Å². The molecule has 0 saturated carbocycles. The standard InChI is InChI=1S/C10H13FN2O3S/c11-9-4-1-5-12-10(9)17(14,15)13-8-3-2-6-16-7-8/h1,4-5,8,13H,2-3,6-7H2. The van der Waals surface area contributed by atoms with Gasteiger partial charge in [0.05, 0.1) is 6.61 Å². The molecule has 94 valence electrons. The van der Waals surface area contributed by atoms with Gasteiger partial charge < -0.3 is 4.74 Å². The van der Waals surface area contributed by atoms with Gasteiger partial charge >= 0.3 is 0 Å². The molecule has 5 nitrogen and oxygen atoms in total. The number of sulfonamides is 1. The minimum absolute atomic E-state index is 0.310. The molecule has 2 rings (SSSR count). The first kappa shape index (κ1) is 12.4. The predicted molar refractivity (Wildman–Crippen MR) is 58.4 cm³/mol. The molecule has 7 heteroatoms. The van der Waals surface area contributed by atoms with E-state index in [0.717, 1.165) is 12.5 Å². The van der Waals surface area contributed by atoms with E-state index >= 15 is 0 Å².